The van der Waals surface area contributed by atoms with Crippen molar-refractivity contribution < 1.29 is 23.9 Å². The number of carbonyl (C=O) groups is 3. The fraction of sp³-hybridized carbons (Fsp3) is 0.773. The first-order valence-electron chi connectivity index (χ1n) is 11.3. The topological polar surface area (TPSA) is 118 Å². The van der Waals surface area contributed by atoms with Gasteiger partial charge < -0.3 is 30.7 Å². The minimum atomic E-state index is -0.575. The third-order valence-electron chi connectivity index (χ3n) is 5.50. The summed E-state index contributed by atoms with van der Waals surface area (Å²) in [5, 5.41) is 11.8. The van der Waals surface area contributed by atoms with Crippen LogP contribution in [0.3, 0.4) is 0 Å². The lowest BCUT2D eigenvalue weighted by Gasteiger charge is -2.35. The van der Waals surface area contributed by atoms with E-state index in [2.05, 4.69) is 27.8 Å². The highest BCUT2D eigenvalue weighted by molar-refractivity contribution is 5.75. The van der Waals surface area contributed by atoms with E-state index in [0.29, 0.717) is 0 Å². The Morgan fingerprint density at radius 2 is 1.23 bits per heavy atom. The molecule has 0 bridgehead atoms. The van der Waals surface area contributed by atoms with Gasteiger partial charge in [-0.15, -0.1) is 0 Å². The van der Waals surface area contributed by atoms with Crippen molar-refractivity contribution >= 4 is 18.2 Å². The number of hydrogen-bond donors (Lipinski definition) is 4. The zero-order valence-corrected chi connectivity index (χ0v) is 19.0. The lowest BCUT2D eigenvalue weighted by Crippen LogP contribution is -2.59. The Morgan fingerprint density at radius 3 is 1.65 bits per heavy atom. The Kier molecular flexibility index (Phi) is 9.45. The molecule has 4 amide bonds. The molecule has 0 aromatic carbocycles. The van der Waals surface area contributed by atoms with Gasteiger partial charge in [0.15, 0.2) is 0 Å². The molecule has 0 heterocycles. The van der Waals surface area contributed by atoms with Crippen LogP contribution in [0.15, 0.2) is 12.7 Å². The van der Waals surface area contributed by atoms with Crippen molar-refractivity contribution in [3.63, 3.8) is 0 Å². The maximum atomic E-state index is 12.7. The third-order valence-corrected chi connectivity index (χ3v) is 5.50. The molecule has 0 aromatic rings. The van der Waals surface area contributed by atoms with E-state index >= 15 is 0 Å². The van der Waals surface area contributed by atoms with Crippen LogP contribution in [0.2, 0.25) is 0 Å². The summed E-state index contributed by atoms with van der Waals surface area (Å²) in [5.41, 5.74) is -0.575. The minimum Gasteiger partial charge on any atom is -0.445 e. The molecular weight excluding hydrogens is 400 g/mol. The molecule has 2 fully saturated rings. The quantitative estimate of drug-likeness (QED) is 0.475. The molecule has 0 saturated heterocycles. The molecule has 2 aliphatic rings. The number of hydrogen-bond acceptors (Lipinski definition) is 5. The maximum absolute atomic E-state index is 12.7. The number of nitrogens with one attached hydrogen (secondary N) is 4. The van der Waals surface area contributed by atoms with Crippen LogP contribution in [0, 0.1) is 0 Å². The summed E-state index contributed by atoms with van der Waals surface area (Å²) in [7, 11) is 0. The zero-order chi connectivity index (χ0) is 22.9. The van der Waals surface area contributed by atoms with Gasteiger partial charge >= 0.3 is 18.2 Å². The molecule has 4 atom stereocenters. The Bertz CT molecular complexity index is 634. The average Bonchev–Trinajstić information content (AvgIpc) is 2.68. The monoisotopic (exact) mass is 438 g/mol. The van der Waals surface area contributed by atoms with Crippen LogP contribution in [0.25, 0.3) is 0 Å². The second kappa shape index (κ2) is 11.8. The highest BCUT2D eigenvalue weighted by atomic mass is 16.6. The largest absolute Gasteiger partial charge is 0.445 e. The molecule has 0 spiro atoms. The van der Waals surface area contributed by atoms with Gasteiger partial charge in [0.2, 0.25) is 0 Å². The third kappa shape index (κ3) is 9.06. The van der Waals surface area contributed by atoms with Crippen molar-refractivity contribution in [2.45, 2.75) is 102 Å². The summed E-state index contributed by atoms with van der Waals surface area (Å²) in [6.07, 6.45) is 7.60. The lowest BCUT2D eigenvalue weighted by molar-refractivity contribution is 0.0480. The molecule has 0 radical (unpaired) electrons. The molecule has 176 valence electrons. The highest BCUT2D eigenvalue weighted by Gasteiger charge is 2.32. The normalized spacial score (nSPS) is 26.2. The molecule has 9 heteroatoms. The van der Waals surface area contributed by atoms with E-state index in [4.69, 9.17) is 9.47 Å². The molecule has 9 nitrogen and oxygen atoms in total. The van der Waals surface area contributed by atoms with E-state index in [9.17, 15) is 14.4 Å². The summed E-state index contributed by atoms with van der Waals surface area (Å²) in [6.45, 7) is 9.12. The fourth-order valence-corrected chi connectivity index (χ4v) is 4.12. The van der Waals surface area contributed by atoms with Crippen LogP contribution in [0.5, 0.6) is 0 Å². The summed E-state index contributed by atoms with van der Waals surface area (Å²) in [6, 6.07) is -0.997. The van der Waals surface area contributed by atoms with E-state index in [0.717, 1.165) is 51.4 Å². The van der Waals surface area contributed by atoms with Crippen LogP contribution >= 0.6 is 0 Å². The average molecular weight is 439 g/mol. The van der Waals surface area contributed by atoms with E-state index in [1.165, 1.54) is 6.08 Å². The van der Waals surface area contributed by atoms with E-state index < -0.39 is 17.8 Å². The summed E-state index contributed by atoms with van der Waals surface area (Å²) in [5.74, 6) is 0. The Balaban J connectivity index is 1.88. The standard InChI is InChI=1S/C22H38N4O5/c1-5-14-30-20(28)25-17-12-8-6-10-15(17)23-19(27)24-16-11-7-9-13-18(16)26-21(29)31-22(2,3)4/h5,15-18H,1,6-14H2,2-4H3,(H,25,28)(H,26,29)(H2,23,24,27)/t15-,16+,17+,18-/m0/s1. The smallest absolute Gasteiger partial charge is 0.407 e. The first-order valence-corrected chi connectivity index (χ1v) is 11.3. The van der Waals surface area contributed by atoms with Gasteiger partial charge in [0.25, 0.3) is 0 Å². The first kappa shape index (κ1) is 24.8. The van der Waals surface area contributed by atoms with Crippen molar-refractivity contribution in [3.05, 3.63) is 12.7 Å². The van der Waals surface area contributed by atoms with Gasteiger partial charge in [-0.3, -0.25) is 0 Å². The summed E-state index contributed by atoms with van der Waals surface area (Å²) in [4.78, 5) is 36.8. The van der Waals surface area contributed by atoms with E-state index in [1.807, 2.05) is 20.8 Å². The molecule has 2 aliphatic carbocycles. The Morgan fingerprint density at radius 1 is 0.806 bits per heavy atom. The molecule has 0 aromatic heterocycles. The second-order valence-corrected chi connectivity index (χ2v) is 9.29. The molecule has 0 unspecified atom stereocenters. The van der Waals surface area contributed by atoms with Crippen LogP contribution in [0.1, 0.15) is 72.1 Å². The van der Waals surface area contributed by atoms with Gasteiger partial charge in [0.05, 0.1) is 24.2 Å². The van der Waals surface area contributed by atoms with Gasteiger partial charge in [-0.1, -0.05) is 38.3 Å². The maximum Gasteiger partial charge on any atom is 0.407 e. The SMILES string of the molecule is C=CCOC(=O)N[C@@H]1CCCC[C@@H]1NC(=O)N[C@@H]1CCCC[C@@H]1NC(=O)OC(C)(C)C. The first-order chi connectivity index (χ1) is 14.7. The molecule has 2 saturated carbocycles. The van der Waals surface area contributed by atoms with Crippen molar-refractivity contribution in [3.8, 4) is 0 Å². The van der Waals surface area contributed by atoms with Crippen LogP contribution in [-0.4, -0.2) is 54.6 Å². The van der Waals surface area contributed by atoms with Crippen LogP contribution < -0.4 is 21.3 Å². The van der Waals surface area contributed by atoms with Crippen molar-refractivity contribution in [1.82, 2.24) is 21.3 Å². The van der Waals surface area contributed by atoms with Gasteiger partial charge in [0, 0.05) is 0 Å². The number of urea groups is 1. The number of rotatable bonds is 6. The minimum absolute atomic E-state index is 0.144. The summed E-state index contributed by atoms with van der Waals surface area (Å²) < 4.78 is 10.4. The summed E-state index contributed by atoms with van der Waals surface area (Å²) >= 11 is 0. The number of amides is 4. The Labute approximate surface area is 185 Å². The van der Waals surface area contributed by atoms with Crippen molar-refractivity contribution in [2.24, 2.45) is 0 Å². The van der Waals surface area contributed by atoms with Gasteiger partial charge in [-0.25, -0.2) is 14.4 Å². The predicted molar refractivity (Wildman–Crippen MR) is 118 cm³/mol. The lowest BCUT2D eigenvalue weighted by atomic mass is 9.89. The zero-order valence-electron chi connectivity index (χ0n) is 19.0. The number of ether oxygens (including phenoxy) is 2. The molecular formula is C22H38N4O5. The molecule has 2 rings (SSSR count). The number of alkyl carbamates (subject to hydrolysis) is 2. The molecule has 0 aliphatic heterocycles. The number of carbonyl (C=O) groups excluding carboxylic acids is 3. The van der Waals surface area contributed by atoms with Crippen molar-refractivity contribution in [2.75, 3.05) is 6.61 Å². The molecule has 31 heavy (non-hydrogen) atoms. The van der Waals surface area contributed by atoms with Gasteiger partial charge in [0.1, 0.15) is 12.2 Å². The van der Waals surface area contributed by atoms with Gasteiger partial charge in [-0.05, 0) is 46.5 Å². The Hall–Kier alpha value is -2.45. The second-order valence-electron chi connectivity index (χ2n) is 9.29. The highest BCUT2D eigenvalue weighted by Crippen LogP contribution is 2.21. The fourth-order valence-electron chi connectivity index (χ4n) is 4.12. The van der Waals surface area contributed by atoms with E-state index in [1.54, 1.807) is 0 Å². The van der Waals surface area contributed by atoms with Crippen molar-refractivity contribution in [1.29, 1.82) is 0 Å². The van der Waals surface area contributed by atoms with E-state index in [-0.39, 0.29) is 36.8 Å². The van der Waals surface area contributed by atoms with Crippen LogP contribution in [-0.2, 0) is 9.47 Å². The molecule has 4 N–H and O–H groups in total. The van der Waals surface area contributed by atoms with Gasteiger partial charge in [-0.2, -0.15) is 0 Å². The van der Waals surface area contributed by atoms with Crippen LogP contribution in [0.4, 0.5) is 14.4 Å². The predicted octanol–water partition coefficient (Wildman–Crippen LogP) is 3.34.